The fourth-order valence-electron chi connectivity index (χ4n) is 1.26. The molecule has 0 spiro atoms. The number of rotatable bonds is 1. The van der Waals surface area contributed by atoms with Crippen molar-refractivity contribution in [3.8, 4) is 0 Å². The predicted molar refractivity (Wildman–Crippen MR) is 43.3 cm³/mol. The Bertz CT molecular complexity index is 152. The van der Waals surface area contributed by atoms with Crippen molar-refractivity contribution in [1.29, 1.82) is 0 Å². The lowest BCUT2D eigenvalue weighted by Gasteiger charge is -2.33. The van der Waals surface area contributed by atoms with Gasteiger partial charge in [0.1, 0.15) is 5.54 Å². The first-order valence-electron chi connectivity index (χ1n) is 3.87. The van der Waals surface area contributed by atoms with Gasteiger partial charge in [0.15, 0.2) is 0 Å². The minimum atomic E-state index is -0.424. The van der Waals surface area contributed by atoms with Crippen LogP contribution in [0.25, 0.3) is 0 Å². The number of nitrogens with one attached hydrogen (secondary N) is 3. The molecule has 1 heterocycles. The van der Waals surface area contributed by atoms with Crippen LogP contribution < -0.4 is 16.0 Å². The number of likely N-dealkylation sites (N-methyl/N-ethyl adjacent to an activating group) is 1. The van der Waals surface area contributed by atoms with Gasteiger partial charge in [-0.1, -0.05) is 0 Å². The Morgan fingerprint density at radius 3 is 2.73 bits per heavy atom. The van der Waals surface area contributed by atoms with E-state index in [-0.39, 0.29) is 5.91 Å². The van der Waals surface area contributed by atoms with Crippen molar-refractivity contribution in [2.75, 3.05) is 26.7 Å². The highest BCUT2D eigenvalue weighted by Crippen LogP contribution is 2.03. The van der Waals surface area contributed by atoms with E-state index in [2.05, 4.69) is 16.0 Å². The second-order valence-corrected chi connectivity index (χ2v) is 3.01. The lowest BCUT2D eigenvalue weighted by Crippen LogP contribution is -2.64. The van der Waals surface area contributed by atoms with E-state index >= 15 is 0 Å². The molecule has 1 aliphatic rings. The molecule has 1 fully saturated rings. The summed E-state index contributed by atoms with van der Waals surface area (Å²) in [4.78, 5) is 11.3. The number of hydrogen-bond acceptors (Lipinski definition) is 3. The zero-order valence-electron chi connectivity index (χ0n) is 7.03. The average Bonchev–Trinajstić information content (AvgIpc) is 2.04. The number of piperazine rings is 1. The Kier molecular flexibility index (Phi) is 2.46. The maximum absolute atomic E-state index is 11.3. The fourth-order valence-corrected chi connectivity index (χ4v) is 1.26. The summed E-state index contributed by atoms with van der Waals surface area (Å²) in [7, 11) is 1.66. The van der Waals surface area contributed by atoms with Gasteiger partial charge in [-0.25, -0.2) is 0 Å². The van der Waals surface area contributed by atoms with E-state index < -0.39 is 5.54 Å². The first-order chi connectivity index (χ1) is 5.19. The zero-order valence-corrected chi connectivity index (χ0v) is 7.03. The predicted octanol–water partition coefficient (Wildman–Crippen LogP) is -1.32. The number of carbonyl (C=O) groups excluding carboxylic acids is 1. The standard InChI is InChI=1S/C7H15N3O/c1-7(6(11)8-2)5-9-3-4-10-7/h9-10H,3-5H2,1-2H3,(H,8,11). The van der Waals surface area contributed by atoms with Crippen molar-refractivity contribution < 1.29 is 4.79 Å². The Morgan fingerprint density at radius 2 is 2.27 bits per heavy atom. The summed E-state index contributed by atoms with van der Waals surface area (Å²) < 4.78 is 0. The second kappa shape index (κ2) is 3.19. The molecule has 1 saturated heterocycles. The second-order valence-electron chi connectivity index (χ2n) is 3.01. The molecule has 1 aliphatic heterocycles. The average molecular weight is 157 g/mol. The summed E-state index contributed by atoms with van der Waals surface area (Å²) in [5.41, 5.74) is -0.424. The van der Waals surface area contributed by atoms with Crippen LogP contribution in [0.15, 0.2) is 0 Å². The van der Waals surface area contributed by atoms with Gasteiger partial charge in [0.2, 0.25) is 5.91 Å². The van der Waals surface area contributed by atoms with E-state index in [4.69, 9.17) is 0 Å². The van der Waals surface area contributed by atoms with Crippen LogP contribution >= 0.6 is 0 Å². The highest BCUT2D eigenvalue weighted by Gasteiger charge is 2.33. The van der Waals surface area contributed by atoms with Gasteiger partial charge in [0, 0.05) is 26.7 Å². The van der Waals surface area contributed by atoms with E-state index in [9.17, 15) is 4.79 Å². The van der Waals surface area contributed by atoms with Crippen LogP contribution in [-0.4, -0.2) is 38.1 Å². The van der Waals surface area contributed by atoms with E-state index in [1.807, 2.05) is 6.92 Å². The lowest BCUT2D eigenvalue weighted by atomic mass is 9.99. The van der Waals surface area contributed by atoms with E-state index in [0.717, 1.165) is 13.1 Å². The third-order valence-corrected chi connectivity index (χ3v) is 2.02. The molecule has 4 heteroatoms. The maximum Gasteiger partial charge on any atom is 0.241 e. The Balaban J connectivity index is 2.56. The largest absolute Gasteiger partial charge is 0.358 e. The molecule has 64 valence electrons. The molecular formula is C7H15N3O. The van der Waals surface area contributed by atoms with Gasteiger partial charge < -0.3 is 16.0 Å². The molecule has 0 aliphatic carbocycles. The van der Waals surface area contributed by atoms with Crippen LogP contribution in [0.4, 0.5) is 0 Å². The minimum absolute atomic E-state index is 0.0460. The normalized spacial score (nSPS) is 31.5. The van der Waals surface area contributed by atoms with Gasteiger partial charge >= 0.3 is 0 Å². The van der Waals surface area contributed by atoms with Crippen LogP contribution in [0.1, 0.15) is 6.92 Å². The summed E-state index contributed by atoms with van der Waals surface area (Å²) in [6, 6.07) is 0. The first-order valence-corrected chi connectivity index (χ1v) is 3.87. The van der Waals surface area contributed by atoms with E-state index in [0.29, 0.717) is 6.54 Å². The molecular weight excluding hydrogens is 142 g/mol. The number of carbonyl (C=O) groups is 1. The van der Waals surface area contributed by atoms with Gasteiger partial charge in [-0.05, 0) is 6.92 Å². The monoisotopic (exact) mass is 157 g/mol. The Hall–Kier alpha value is -0.610. The number of hydrogen-bond donors (Lipinski definition) is 3. The topological polar surface area (TPSA) is 53.2 Å². The van der Waals surface area contributed by atoms with Gasteiger partial charge in [-0.15, -0.1) is 0 Å². The van der Waals surface area contributed by atoms with Gasteiger partial charge in [0.25, 0.3) is 0 Å². The molecule has 4 nitrogen and oxygen atoms in total. The fraction of sp³-hybridized carbons (Fsp3) is 0.857. The van der Waals surface area contributed by atoms with Gasteiger partial charge in [-0.3, -0.25) is 4.79 Å². The van der Waals surface area contributed by atoms with Crippen molar-refractivity contribution in [2.45, 2.75) is 12.5 Å². The molecule has 0 bridgehead atoms. The summed E-state index contributed by atoms with van der Waals surface area (Å²) in [6.45, 7) is 4.39. The van der Waals surface area contributed by atoms with Crippen molar-refractivity contribution in [3.63, 3.8) is 0 Å². The molecule has 1 unspecified atom stereocenters. The zero-order chi connectivity index (χ0) is 8.32. The van der Waals surface area contributed by atoms with Crippen LogP contribution in [-0.2, 0) is 4.79 Å². The van der Waals surface area contributed by atoms with E-state index in [1.54, 1.807) is 7.05 Å². The molecule has 1 amide bonds. The molecule has 1 atom stereocenters. The molecule has 11 heavy (non-hydrogen) atoms. The Morgan fingerprint density at radius 1 is 1.55 bits per heavy atom. The van der Waals surface area contributed by atoms with Crippen LogP contribution in [0.2, 0.25) is 0 Å². The van der Waals surface area contributed by atoms with Crippen LogP contribution in [0.3, 0.4) is 0 Å². The smallest absolute Gasteiger partial charge is 0.241 e. The maximum atomic E-state index is 11.3. The quantitative estimate of drug-likeness (QED) is 0.443. The highest BCUT2D eigenvalue weighted by atomic mass is 16.2. The van der Waals surface area contributed by atoms with Crippen molar-refractivity contribution in [3.05, 3.63) is 0 Å². The van der Waals surface area contributed by atoms with Crippen molar-refractivity contribution in [2.24, 2.45) is 0 Å². The molecule has 3 N–H and O–H groups in total. The van der Waals surface area contributed by atoms with Gasteiger partial charge in [0.05, 0.1) is 0 Å². The van der Waals surface area contributed by atoms with Crippen molar-refractivity contribution >= 4 is 5.91 Å². The molecule has 0 aromatic carbocycles. The van der Waals surface area contributed by atoms with Gasteiger partial charge in [-0.2, -0.15) is 0 Å². The molecule has 0 radical (unpaired) electrons. The highest BCUT2D eigenvalue weighted by molar-refractivity contribution is 5.86. The molecule has 0 aromatic heterocycles. The van der Waals surface area contributed by atoms with Crippen molar-refractivity contribution in [1.82, 2.24) is 16.0 Å². The summed E-state index contributed by atoms with van der Waals surface area (Å²) >= 11 is 0. The number of amides is 1. The summed E-state index contributed by atoms with van der Waals surface area (Å²) in [5, 5.41) is 8.97. The van der Waals surface area contributed by atoms with Crippen LogP contribution in [0, 0.1) is 0 Å². The molecule has 1 rings (SSSR count). The van der Waals surface area contributed by atoms with E-state index in [1.165, 1.54) is 0 Å². The molecule has 0 saturated carbocycles. The first kappa shape index (κ1) is 8.49. The minimum Gasteiger partial charge on any atom is -0.358 e. The lowest BCUT2D eigenvalue weighted by molar-refractivity contribution is -0.126. The molecule has 0 aromatic rings. The third-order valence-electron chi connectivity index (χ3n) is 2.02. The van der Waals surface area contributed by atoms with Crippen LogP contribution in [0.5, 0.6) is 0 Å². The SMILES string of the molecule is CNC(=O)C1(C)CNCCN1. The summed E-state index contributed by atoms with van der Waals surface area (Å²) in [6.07, 6.45) is 0. The summed E-state index contributed by atoms with van der Waals surface area (Å²) in [5.74, 6) is 0.0460. The Labute approximate surface area is 66.7 Å². The third kappa shape index (κ3) is 1.70.